The summed E-state index contributed by atoms with van der Waals surface area (Å²) in [4.78, 5) is 15.6. The molecule has 0 radical (unpaired) electrons. The third kappa shape index (κ3) is 4.36. The third-order valence-corrected chi connectivity index (χ3v) is 3.58. The van der Waals surface area contributed by atoms with Crippen molar-refractivity contribution >= 4 is 5.91 Å². The van der Waals surface area contributed by atoms with Crippen molar-refractivity contribution in [1.82, 2.24) is 9.80 Å². The van der Waals surface area contributed by atoms with E-state index in [-0.39, 0.29) is 12.6 Å². The lowest BCUT2D eigenvalue weighted by Gasteiger charge is -2.41. The summed E-state index contributed by atoms with van der Waals surface area (Å²) in [6.45, 7) is 9.35. The fourth-order valence-electron chi connectivity index (χ4n) is 2.80. The Bertz CT molecular complexity index is 347. The second-order valence-corrected chi connectivity index (χ2v) is 6.83. The average Bonchev–Trinajstić information content (AvgIpc) is 2.36. The Morgan fingerprint density at radius 3 is 2.15 bits per heavy atom. The molecule has 1 heterocycles. The zero-order valence-electron chi connectivity index (χ0n) is 12.9. The van der Waals surface area contributed by atoms with Gasteiger partial charge in [-0.3, -0.25) is 9.69 Å². The maximum Gasteiger partial charge on any atom is 0.406 e. The molecule has 0 N–H and O–H groups in total. The van der Waals surface area contributed by atoms with Crippen LogP contribution in [0.15, 0.2) is 0 Å². The van der Waals surface area contributed by atoms with Crippen molar-refractivity contribution in [3.05, 3.63) is 0 Å². The number of halogens is 3. The van der Waals surface area contributed by atoms with E-state index >= 15 is 0 Å². The van der Waals surface area contributed by atoms with Crippen LogP contribution in [0.3, 0.4) is 0 Å². The third-order valence-electron chi connectivity index (χ3n) is 3.58. The van der Waals surface area contributed by atoms with Crippen molar-refractivity contribution < 1.29 is 18.0 Å². The maximum absolute atomic E-state index is 12.6. The molecule has 1 rings (SSSR count). The van der Waals surface area contributed by atoms with E-state index in [2.05, 4.69) is 0 Å². The number of carbonyl (C=O) groups is 1. The second kappa shape index (κ2) is 5.92. The molecule has 1 saturated heterocycles. The number of rotatable bonds is 2. The Morgan fingerprint density at radius 1 is 1.20 bits per heavy atom. The predicted molar refractivity (Wildman–Crippen MR) is 72.3 cm³/mol. The topological polar surface area (TPSA) is 23.6 Å². The second-order valence-electron chi connectivity index (χ2n) is 6.83. The van der Waals surface area contributed by atoms with Crippen LogP contribution in [0, 0.1) is 5.41 Å². The normalized spacial score (nSPS) is 23.4. The van der Waals surface area contributed by atoms with Crippen LogP contribution < -0.4 is 0 Å². The van der Waals surface area contributed by atoms with Gasteiger partial charge in [-0.05, 0) is 25.7 Å². The van der Waals surface area contributed by atoms with Crippen molar-refractivity contribution in [3.8, 4) is 0 Å². The van der Waals surface area contributed by atoms with Gasteiger partial charge in [0.05, 0.1) is 6.04 Å². The molecule has 0 aliphatic carbocycles. The molecule has 3 nitrogen and oxygen atoms in total. The van der Waals surface area contributed by atoms with Crippen molar-refractivity contribution in [2.75, 3.05) is 19.6 Å². The Morgan fingerprint density at radius 2 is 1.75 bits per heavy atom. The Kier molecular flexibility index (Phi) is 5.11. The lowest BCUT2D eigenvalue weighted by molar-refractivity contribution is -0.165. The fraction of sp³-hybridized carbons (Fsp3) is 0.929. The van der Waals surface area contributed by atoms with Gasteiger partial charge in [0.15, 0.2) is 0 Å². The molecule has 1 atom stereocenters. The summed E-state index contributed by atoms with van der Waals surface area (Å²) in [6.07, 6.45) is -3.77. The van der Waals surface area contributed by atoms with E-state index in [0.717, 1.165) is 4.90 Å². The molecule has 6 heteroatoms. The first-order valence-electron chi connectivity index (χ1n) is 7.05. The molecule has 0 aromatic carbocycles. The van der Waals surface area contributed by atoms with Gasteiger partial charge in [-0.15, -0.1) is 0 Å². The molecule has 1 fully saturated rings. The van der Waals surface area contributed by atoms with E-state index in [1.165, 1.54) is 0 Å². The van der Waals surface area contributed by atoms with Crippen LogP contribution in [-0.2, 0) is 4.79 Å². The monoisotopic (exact) mass is 294 g/mol. The van der Waals surface area contributed by atoms with E-state index in [4.69, 9.17) is 0 Å². The number of alkyl halides is 3. The van der Waals surface area contributed by atoms with Gasteiger partial charge in [-0.1, -0.05) is 20.8 Å². The standard InChI is InChI=1S/C14H25F3N2O/c1-10(2)19-8-6-7-18(9-14(15,16)17)12(20)11(19)13(3,4)5/h10-11H,6-9H2,1-5H3/t11-/m0/s1. The van der Waals surface area contributed by atoms with Crippen molar-refractivity contribution in [3.63, 3.8) is 0 Å². The van der Waals surface area contributed by atoms with Crippen LogP contribution >= 0.6 is 0 Å². The first kappa shape index (κ1) is 17.3. The molecule has 118 valence electrons. The minimum Gasteiger partial charge on any atom is -0.332 e. The van der Waals surface area contributed by atoms with Gasteiger partial charge >= 0.3 is 6.18 Å². The molecule has 0 aromatic heterocycles. The highest BCUT2D eigenvalue weighted by Crippen LogP contribution is 2.31. The molecule has 1 aliphatic heterocycles. The average molecular weight is 294 g/mol. The van der Waals surface area contributed by atoms with E-state index in [9.17, 15) is 18.0 Å². The molecule has 1 aliphatic rings. The summed E-state index contributed by atoms with van der Waals surface area (Å²) >= 11 is 0. The summed E-state index contributed by atoms with van der Waals surface area (Å²) < 4.78 is 37.9. The minimum absolute atomic E-state index is 0.133. The zero-order chi connectivity index (χ0) is 15.7. The Balaban J connectivity index is 3.05. The summed E-state index contributed by atoms with van der Waals surface area (Å²) in [6, 6.07) is -0.374. The van der Waals surface area contributed by atoms with Gasteiger partial charge in [0.2, 0.25) is 5.91 Å². The van der Waals surface area contributed by atoms with E-state index in [0.29, 0.717) is 13.0 Å². The highest BCUT2D eigenvalue weighted by Gasteiger charge is 2.44. The van der Waals surface area contributed by atoms with Gasteiger partial charge in [0, 0.05) is 19.1 Å². The molecule has 0 saturated carbocycles. The first-order chi connectivity index (χ1) is 8.93. The van der Waals surface area contributed by atoms with Crippen molar-refractivity contribution in [2.45, 2.75) is 59.3 Å². The van der Waals surface area contributed by atoms with Crippen LogP contribution in [0.4, 0.5) is 13.2 Å². The highest BCUT2D eigenvalue weighted by molar-refractivity contribution is 5.83. The number of hydrogen-bond donors (Lipinski definition) is 0. The first-order valence-corrected chi connectivity index (χ1v) is 7.05. The predicted octanol–water partition coefficient (Wildman–Crippen LogP) is 2.91. The fourth-order valence-corrected chi connectivity index (χ4v) is 2.80. The minimum atomic E-state index is -4.34. The van der Waals surface area contributed by atoms with Crippen LogP contribution in [0.1, 0.15) is 41.0 Å². The largest absolute Gasteiger partial charge is 0.406 e. The Hall–Kier alpha value is -0.780. The maximum atomic E-state index is 12.6. The van der Waals surface area contributed by atoms with Gasteiger partial charge in [0.1, 0.15) is 6.54 Å². The summed E-state index contributed by atoms with van der Waals surface area (Å²) in [7, 11) is 0. The number of nitrogens with zero attached hydrogens (tertiary/aromatic N) is 2. The smallest absolute Gasteiger partial charge is 0.332 e. The van der Waals surface area contributed by atoms with Gasteiger partial charge < -0.3 is 4.90 Å². The molecule has 20 heavy (non-hydrogen) atoms. The molecule has 0 aromatic rings. The van der Waals surface area contributed by atoms with Gasteiger partial charge in [-0.25, -0.2) is 0 Å². The van der Waals surface area contributed by atoms with Crippen LogP contribution in [-0.4, -0.2) is 53.6 Å². The van der Waals surface area contributed by atoms with Crippen molar-refractivity contribution in [2.24, 2.45) is 5.41 Å². The number of hydrogen-bond acceptors (Lipinski definition) is 2. The molecule has 1 amide bonds. The molecular weight excluding hydrogens is 269 g/mol. The van der Waals surface area contributed by atoms with Crippen LogP contribution in [0.5, 0.6) is 0 Å². The van der Waals surface area contributed by atoms with Gasteiger partial charge in [-0.2, -0.15) is 13.2 Å². The van der Waals surface area contributed by atoms with Crippen LogP contribution in [0.2, 0.25) is 0 Å². The lowest BCUT2D eigenvalue weighted by Crippen LogP contribution is -2.55. The zero-order valence-corrected chi connectivity index (χ0v) is 12.9. The number of carbonyl (C=O) groups excluding carboxylic acids is 1. The molecule has 0 unspecified atom stereocenters. The van der Waals surface area contributed by atoms with E-state index < -0.39 is 30.1 Å². The van der Waals surface area contributed by atoms with Crippen molar-refractivity contribution in [1.29, 1.82) is 0 Å². The molecule has 0 bridgehead atoms. The summed E-state index contributed by atoms with van der Waals surface area (Å²) in [5, 5.41) is 0. The van der Waals surface area contributed by atoms with E-state index in [1.807, 2.05) is 39.5 Å². The quantitative estimate of drug-likeness (QED) is 0.782. The van der Waals surface area contributed by atoms with Gasteiger partial charge in [0.25, 0.3) is 0 Å². The summed E-state index contributed by atoms with van der Waals surface area (Å²) in [5.41, 5.74) is -0.393. The Labute approximate surface area is 119 Å². The lowest BCUT2D eigenvalue weighted by atomic mass is 9.84. The van der Waals surface area contributed by atoms with E-state index in [1.54, 1.807) is 0 Å². The SMILES string of the molecule is CC(C)N1CCCN(CC(F)(F)F)C(=O)[C@H]1C(C)(C)C. The highest BCUT2D eigenvalue weighted by atomic mass is 19.4. The van der Waals surface area contributed by atoms with Crippen LogP contribution in [0.25, 0.3) is 0 Å². The number of amides is 1. The molecule has 0 spiro atoms. The summed E-state index contributed by atoms with van der Waals surface area (Å²) in [5.74, 6) is -0.402. The molecular formula is C14H25F3N2O.